The lowest BCUT2D eigenvalue weighted by Crippen LogP contribution is -1.96. The van der Waals surface area contributed by atoms with Crippen molar-refractivity contribution >= 4 is 27.8 Å². The van der Waals surface area contributed by atoms with Crippen molar-refractivity contribution in [3.63, 3.8) is 0 Å². The molecule has 1 aromatic carbocycles. The number of rotatable bonds is 4. The second-order valence-electron chi connectivity index (χ2n) is 3.98. The smallest absolute Gasteiger partial charge is 0.183 e. The topological polar surface area (TPSA) is 24.9 Å². The van der Waals surface area contributed by atoms with Crippen LogP contribution in [0.3, 0.4) is 0 Å². The predicted molar refractivity (Wildman–Crippen MR) is 79.2 cm³/mol. The van der Waals surface area contributed by atoms with E-state index >= 15 is 0 Å². The van der Waals surface area contributed by atoms with Crippen LogP contribution in [-0.4, -0.2) is 4.98 Å². The maximum Gasteiger partial charge on any atom is 0.183 e. The Labute approximate surface area is 118 Å². The maximum absolute atomic E-state index is 12.9. The van der Waals surface area contributed by atoms with Crippen LogP contribution in [0, 0.1) is 5.82 Å². The van der Waals surface area contributed by atoms with Crippen molar-refractivity contribution in [3.8, 4) is 11.3 Å². The number of hydrogen-bond acceptors (Lipinski definition) is 4. The fourth-order valence-electron chi connectivity index (χ4n) is 1.68. The van der Waals surface area contributed by atoms with E-state index in [0.29, 0.717) is 0 Å². The molecule has 0 aliphatic rings. The molecule has 0 amide bonds. The van der Waals surface area contributed by atoms with Crippen molar-refractivity contribution in [2.75, 3.05) is 5.32 Å². The van der Waals surface area contributed by atoms with E-state index in [4.69, 9.17) is 0 Å². The van der Waals surface area contributed by atoms with Crippen LogP contribution in [0.15, 0.2) is 47.2 Å². The van der Waals surface area contributed by atoms with Crippen molar-refractivity contribution in [2.24, 2.45) is 0 Å². The highest BCUT2D eigenvalue weighted by Crippen LogP contribution is 2.25. The molecule has 0 saturated heterocycles. The van der Waals surface area contributed by atoms with Gasteiger partial charge < -0.3 is 5.32 Å². The molecule has 0 aliphatic carbocycles. The zero-order chi connectivity index (χ0) is 13.1. The quantitative estimate of drug-likeness (QED) is 0.758. The third-order valence-corrected chi connectivity index (χ3v) is 4.31. The minimum absolute atomic E-state index is 0.227. The Bertz CT molecular complexity index is 644. The fourth-order valence-corrected chi connectivity index (χ4v) is 3.05. The summed E-state index contributed by atoms with van der Waals surface area (Å²) in [6.07, 6.45) is 0. The zero-order valence-electron chi connectivity index (χ0n) is 9.97. The number of nitrogens with one attached hydrogen (secondary N) is 1. The van der Waals surface area contributed by atoms with Gasteiger partial charge in [0, 0.05) is 15.8 Å². The number of anilines is 1. The molecule has 3 aromatic rings. The molecule has 2 heterocycles. The Hall–Kier alpha value is -1.72. The van der Waals surface area contributed by atoms with E-state index in [1.54, 1.807) is 34.8 Å². The van der Waals surface area contributed by atoms with Crippen LogP contribution >= 0.6 is 22.7 Å². The number of halogens is 1. The van der Waals surface area contributed by atoms with Crippen molar-refractivity contribution in [2.45, 2.75) is 6.54 Å². The van der Waals surface area contributed by atoms with Crippen LogP contribution in [0.1, 0.15) is 4.88 Å². The molecule has 0 unspecified atom stereocenters. The summed E-state index contributed by atoms with van der Waals surface area (Å²) in [5.41, 5.74) is 1.81. The molecule has 0 saturated carbocycles. The highest BCUT2D eigenvalue weighted by molar-refractivity contribution is 7.14. The van der Waals surface area contributed by atoms with Crippen LogP contribution < -0.4 is 5.32 Å². The third-order valence-electron chi connectivity index (χ3n) is 2.64. The minimum atomic E-state index is -0.227. The molecule has 2 aromatic heterocycles. The molecule has 0 spiro atoms. The van der Waals surface area contributed by atoms with Gasteiger partial charge in [0.2, 0.25) is 0 Å². The van der Waals surface area contributed by atoms with Crippen molar-refractivity contribution in [3.05, 3.63) is 57.9 Å². The molecule has 0 aliphatic heterocycles. The minimum Gasteiger partial charge on any atom is -0.357 e. The lowest BCUT2D eigenvalue weighted by Gasteiger charge is -1.99. The molecule has 0 radical (unpaired) electrons. The van der Waals surface area contributed by atoms with Gasteiger partial charge in [-0.05, 0) is 35.7 Å². The molecule has 96 valence electrons. The second-order valence-corrected chi connectivity index (χ2v) is 5.87. The highest BCUT2D eigenvalue weighted by atomic mass is 32.1. The number of nitrogens with zero attached hydrogens (tertiary/aromatic N) is 1. The molecule has 1 N–H and O–H groups in total. The Morgan fingerprint density at radius 3 is 2.68 bits per heavy atom. The lowest BCUT2D eigenvalue weighted by molar-refractivity contribution is 0.628. The van der Waals surface area contributed by atoms with Crippen molar-refractivity contribution in [1.82, 2.24) is 4.98 Å². The SMILES string of the molecule is Fc1ccc(-c2csc(NCc3cccs3)n2)cc1. The summed E-state index contributed by atoms with van der Waals surface area (Å²) in [7, 11) is 0. The van der Waals surface area contributed by atoms with Gasteiger partial charge in [0.05, 0.1) is 12.2 Å². The van der Waals surface area contributed by atoms with Gasteiger partial charge in [-0.2, -0.15) is 0 Å². The summed E-state index contributed by atoms with van der Waals surface area (Å²) in [4.78, 5) is 5.78. The van der Waals surface area contributed by atoms with Gasteiger partial charge in [-0.3, -0.25) is 0 Å². The van der Waals surface area contributed by atoms with Gasteiger partial charge in [0.25, 0.3) is 0 Å². The van der Waals surface area contributed by atoms with Gasteiger partial charge in [-0.25, -0.2) is 9.37 Å². The van der Waals surface area contributed by atoms with E-state index < -0.39 is 0 Å². The Morgan fingerprint density at radius 1 is 1.11 bits per heavy atom. The first-order valence-electron chi connectivity index (χ1n) is 5.79. The zero-order valence-corrected chi connectivity index (χ0v) is 11.6. The van der Waals surface area contributed by atoms with Crippen LogP contribution in [0.25, 0.3) is 11.3 Å². The Morgan fingerprint density at radius 2 is 1.95 bits per heavy atom. The summed E-state index contributed by atoms with van der Waals surface area (Å²) in [5, 5.41) is 8.21. The highest BCUT2D eigenvalue weighted by Gasteiger charge is 2.04. The van der Waals surface area contributed by atoms with Crippen LogP contribution in [0.4, 0.5) is 9.52 Å². The third kappa shape index (κ3) is 3.00. The molecular formula is C14H11FN2S2. The Kier molecular flexibility index (Phi) is 3.57. The van der Waals surface area contributed by atoms with E-state index in [0.717, 1.165) is 22.9 Å². The summed E-state index contributed by atoms with van der Waals surface area (Å²) < 4.78 is 12.9. The van der Waals surface area contributed by atoms with Crippen molar-refractivity contribution < 1.29 is 4.39 Å². The monoisotopic (exact) mass is 290 g/mol. The fraction of sp³-hybridized carbons (Fsp3) is 0.0714. The average Bonchev–Trinajstić information content (AvgIpc) is 3.09. The molecule has 0 fully saturated rings. The summed E-state index contributed by atoms with van der Waals surface area (Å²) in [6.45, 7) is 0.786. The first kappa shape index (κ1) is 12.3. The normalized spacial score (nSPS) is 10.6. The molecule has 3 rings (SSSR count). The molecule has 0 atom stereocenters. The molecular weight excluding hydrogens is 279 g/mol. The number of aromatic nitrogens is 1. The molecule has 19 heavy (non-hydrogen) atoms. The first-order valence-corrected chi connectivity index (χ1v) is 7.55. The van der Waals surface area contributed by atoms with Gasteiger partial charge in [0.15, 0.2) is 5.13 Å². The van der Waals surface area contributed by atoms with E-state index in [1.807, 2.05) is 11.4 Å². The van der Waals surface area contributed by atoms with Crippen LogP contribution in [0.5, 0.6) is 0 Å². The first-order chi connectivity index (χ1) is 9.31. The van der Waals surface area contributed by atoms with Gasteiger partial charge >= 0.3 is 0 Å². The molecule has 2 nitrogen and oxygen atoms in total. The van der Waals surface area contributed by atoms with E-state index in [1.165, 1.54) is 17.0 Å². The second kappa shape index (κ2) is 5.50. The van der Waals surface area contributed by atoms with E-state index in [2.05, 4.69) is 21.7 Å². The summed E-state index contributed by atoms with van der Waals surface area (Å²) in [5.74, 6) is -0.227. The largest absolute Gasteiger partial charge is 0.357 e. The average molecular weight is 290 g/mol. The van der Waals surface area contributed by atoms with E-state index in [-0.39, 0.29) is 5.82 Å². The molecule has 5 heteroatoms. The lowest BCUT2D eigenvalue weighted by atomic mass is 10.2. The number of thiazole rings is 1. The van der Waals surface area contributed by atoms with Gasteiger partial charge in [0.1, 0.15) is 5.82 Å². The number of benzene rings is 1. The van der Waals surface area contributed by atoms with Crippen LogP contribution in [0.2, 0.25) is 0 Å². The standard InChI is InChI=1S/C14H11FN2S2/c15-11-5-3-10(4-6-11)13-9-19-14(17-13)16-8-12-2-1-7-18-12/h1-7,9H,8H2,(H,16,17). The van der Waals surface area contributed by atoms with Crippen molar-refractivity contribution in [1.29, 1.82) is 0 Å². The summed E-state index contributed by atoms with van der Waals surface area (Å²) >= 11 is 3.28. The number of hydrogen-bond donors (Lipinski definition) is 1. The van der Waals surface area contributed by atoms with Crippen LogP contribution in [-0.2, 0) is 6.54 Å². The van der Waals surface area contributed by atoms with E-state index in [9.17, 15) is 4.39 Å². The summed E-state index contributed by atoms with van der Waals surface area (Å²) in [6, 6.07) is 10.5. The Balaban J connectivity index is 1.70. The van der Waals surface area contributed by atoms with Gasteiger partial charge in [-0.15, -0.1) is 22.7 Å². The van der Waals surface area contributed by atoms with Gasteiger partial charge in [-0.1, -0.05) is 6.07 Å². The molecule has 0 bridgehead atoms. The number of thiophene rings is 1. The predicted octanol–water partition coefficient (Wildman–Crippen LogP) is 4.62. The maximum atomic E-state index is 12.9.